The minimum atomic E-state index is 0.494. The molecule has 2 nitrogen and oxygen atoms in total. The first-order valence-electron chi connectivity index (χ1n) is 5.03. The highest BCUT2D eigenvalue weighted by atomic mass is 35.5. The zero-order valence-corrected chi connectivity index (χ0v) is 8.87. The summed E-state index contributed by atoms with van der Waals surface area (Å²) in [6.45, 7) is 1.83. The Labute approximate surface area is 89.7 Å². The van der Waals surface area contributed by atoms with Crippen LogP contribution in [0.25, 0.3) is 0 Å². The van der Waals surface area contributed by atoms with Crippen LogP contribution < -0.4 is 10.6 Å². The van der Waals surface area contributed by atoms with Crippen molar-refractivity contribution in [3.05, 3.63) is 29.3 Å². The van der Waals surface area contributed by atoms with E-state index in [4.69, 9.17) is 17.3 Å². The second-order valence-electron chi connectivity index (χ2n) is 3.71. The maximum Gasteiger partial charge on any atom is 0.0426 e. The fraction of sp³-hybridized carbons (Fsp3) is 0.455. The number of nitrogens with zero attached hydrogens (tertiary/aromatic N) is 1. The lowest BCUT2D eigenvalue weighted by molar-refractivity contribution is 0.677. The van der Waals surface area contributed by atoms with Gasteiger partial charge in [-0.2, -0.15) is 0 Å². The third-order valence-electron chi connectivity index (χ3n) is 2.79. The minimum Gasteiger partial charge on any atom is -0.367 e. The lowest BCUT2D eigenvalue weighted by Gasteiger charge is -2.25. The summed E-state index contributed by atoms with van der Waals surface area (Å²) < 4.78 is 0. The molecule has 1 atom stereocenters. The van der Waals surface area contributed by atoms with E-state index in [1.54, 1.807) is 0 Å². The molecular weight excluding hydrogens is 196 g/mol. The fourth-order valence-electron chi connectivity index (χ4n) is 2.08. The third kappa shape index (κ3) is 1.86. The largest absolute Gasteiger partial charge is 0.367 e. The van der Waals surface area contributed by atoms with E-state index in [9.17, 15) is 0 Å². The number of anilines is 1. The highest BCUT2D eigenvalue weighted by molar-refractivity contribution is 6.30. The Morgan fingerprint density at radius 2 is 2.36 bits per heavy atom. The van der Waals surface area contributed by atoms with Crippen molar-refractivity contribution in [2.75, 3.05) is 18.0 Å². The van der Waals surface area contributed by atoms with Crippen LogP contribution >= 0.6 is 11.6 Å². The quantitative estimate of drug-likeness (QED) is 0.812. The predicted molar refractivity (Wildman–Crippen MR) is 60.9 cm³/mol. The van der Waals surface area contributed by atoms with Crippen LogP contribution in [0.3, 0.4) is 0 Å². The molecule has 1 aromatic carbocycles. The number of nitrogens with two attached hydrogens (primary N) is 1. The van der Waals surface area contributed by atoms with E-state index < -0.39 is 0 Å². The predicted octanol–water partition coefficient (Wildman–Crippen LogP) is 2.27. The number of hydrogen-bond donors (Lipinski definition) is 1. The van der Waals surface area contributed by atoms with Crippen LogP contribution in [0.4, 0.5) is 5.69 Å². The molecule has 76 valence electrons. The Morgan fingerprint density at radius 1 is 1.50 bits per heavy atom. The van der Waals surface area contributed by atoms with E-state index in [0.29, 0.717) is 6.04 Å². The molecule has 1 saturated heterocycles. The monoisotopic (exact) mass is 210 g/mol. The van der Waals surface area contributed by atoms with Gasteiger partial charge in [-0.05, 0) is 31.0 Å². The zero-order chi connectivity index (χ0) is 9.97. The van der Waals surface area contributed by atoms with Crippen LogP contribution in [0.5, 0.6) is 0 Å². The summed E-state index contributed by atoms with van der Waals surface area (Å²) >= 11 is 5.96. The van der Waals surface area contributed by atoms with Crippen molar-refractivity contribution in [3.63, 3.8) is 0 Å². The lowest BCUT2D eigenvalue weighted by Crippen LogP contribution is -2.35. The van der Waals surface area contributed by atoms with Crippen molar-refractivity contribution >= 4 is 17.3 Å². The Hall–Kier alpha value is -0.730. The van der Waals surface area contributed by atoms with E-state index >= 15 is 0 Å². The molecule has 1 aliphatic heterocycles. The molecule has 0 amide bonds. The molecule has 1 aliphatic rings. The average molecular weight is 211 g/mol. The molecule has 0 unspecified atom stereocenters. The maximum absolute atomic E-state index is 5.96. The molecule has 2 N–H and O–H groups in total. The summed E-state index contributed by atoms with van der Waals surface area (Å²) in [5.74, 6) is 0. The topological polar surface area (TPSA) is 29.3 Å². The first-order valence-corrected chi connectivity index (χ1v) is 5.41. The average Bonchev–Trinajstić information content (AvgIpc) is 2.65. The van der Waals surface area contributed by atoms with Gasteiger partial charge in [-0.3, -0.25) is 0 Å². The highest BCUT2D eigenvalue weighted by Gasteiger charge is 2.23. The number of rotatable bonds is 2. The summed E-state index contributed by atoms with van der Waals surface area (Å²) in [5.41, 5.74) is 6.92. The van der Waals surface area contributed by atoms with Gasteiger partial charge in [0.25, 0.3) is 0 Å². The molecule has 1 fully saturated rings. The van der Waals surface area contributed by atoms with Gasteiger partial charge in [-0.25, -0.2) is 0 Å². The van der Waals surface area contributed by atoms with Crippen LogP contribution in [-0.2, 0) is 0 Å². The SMILES string of the molecule is NC[C@@H]1CCCN1c1cccc(Cl)c1. The maximum atomic E-state index is 5.96. The van der Waals surface area contributed by atoms with Gasteiger partial charge in [0.05, 0.1) is 0 Å². The van der Waals surface area contributed by atoms with Crippen LogP contribution in [0.1, 0.15) is 12.8 Å². The van der Waals surface area contributed by atoms with E-state index in [1.807, 2.05) is 18.2 Å². The Bertz CT molecular complexity index is 314. The van der Waals surface area contributed by atoms with E-state index in [1.165, 1.54) is 18.5 Å². The molecule has 0 radical (unpaired) electrons. The second-order valence-corrected chi connectivity index (χ2v) is 4.14. The number of halogens is 1. The molecule has 2 rings (SSSR count). The summed E-state index contributed by atoms with van der Waals surface area (Å²) in [6.07, 6.45) is 2.43. The molecule has 1 heterocycles. The third-order valence-corrected chi connectivity index (χ3v) is 3.02. The smallest absolute Gasteiger partial charge is 0.0426 e. The molecule has 0 spiro atoms. The van der Waals surface area contributed by atoms with Gasteiger partial charge in [0, 0.05) is 29.8 Å². The zero-order valence-electron chi connectivity index (χ0n) is 8.12. The van der Waals surface area contributed by atoms with Crippen molar-refractivity contribution in [1.29, 1.82) is 0 Å². The van der Waals surface area contributed by atoms with Gasteiger partial charge in [0.2, 0.25) is 0 Å². The Kier molecular flexibility index (Phi) is 2.94. The second kappa shape index (κ2) is 4.20. The van der Waals surface area contributed by atoms with Crippen molar-refractivity contribution in [2.45, 2.75) is 18.9 Å². The van der Waals surface area contributed by atoms with Crippen LogP contribution in [0.2, 0.25) is 5.02 Å². The van der Waals surface area contributed by atoms with Crippen molar-refractivity contribution in [2.24, 2.45) is 5.73 Å². The number of benzene rings is 1. The van der Waals surface area contributed by atoms with Crippen molar-refractivity contribution < 1.29 is 0 Å². The molecule has 0 aliphatic carbocycles. The van der Waals surface area contributed by atoms with Gasteiger partial charge in [0.15, 0.2) is 0 Å². The van der Waals surface area contributed by atoms with Gasteiger partial charge in [-0.1, -0.05) is 17.7 Å². The first kappa shape index (κ1) is 9.81. The van der Waals surface area contributed by atoms with Gasteiger partial charge in [-0.15, -0.1) is 0 Å². The summed E-state index contributed by atoms with van der Waals surface area (Å²) in [5, 5.41) is 0.796. The Morgan fingerprint density at radius 3 is 3.07 bits per heavy atom. The van der Waals surface area contributed by atoms with Gasteiger partial charge < -0.3 is 10.6 Å². The molecule has 0 aromatic heterocycles. The first-order chi connectivity index (χ1) is 6.81. The number of hydrogen-bond acceptors (Lipinski definition) is 2. The molecule has 3 heteroatoms. The summed E-state index contributed by atoms with van der Waals surface area (Å²) in [6, 6.07) is 8.49. The van der Waals surface area contributed by atoms with E-state index in [0.717, 1.165) is 18.1 Å². The molecule has 0 bridgehead atoms. The van der Waals surface area contributed by atoms with Crippen LogP contribution in [0, 0.1) is 0 Å². The van der Waals surface area contributed by atoms with Crippen molar-refractivity contribution in [3.8, 4) is 0 Å². The summed E-state index contributed by atoms with van der Waals surface area (Å²) in [7, 11) is 0. The standard InChI is InChI=1S/C11H15ClN2/c12-9-3-1-4-10(7-9)14-6-2-5-11(14)8-13/h1,3-4,7,11H,2,5-6,8,13H2/t11-/m0/s1. The summed E-state index contributed by atoms with van der Waals surface area (Å²) in [4.78, 5) is 2.35. The van der Waals surface area contributed by atoms with Gasteiger partial charge in [0.1, 0.15) is 0 Å². The lowest BCUT2D eigenvalue weighted by atomic mass is 10.2. The molecular formula is C11H15ClN2. The normalized spacial score (nSPS) is 21.6. The molecule has 1 aromatic rings. The van der Waals surface area contributed by atoms with Gasteiger partial charge >= 0.3 is 0 Å². The fourth-order valence-corrected chi connectivity index (χ4v) is 2.26. The minimum absolute atomic E-state index is 0.494. The van der Waals surface area contributed by atoms with E-state index in [2.05, 4.69) is 11.0 Å². The molecule has 0 saturated carbocycles. The van der Waals surface area contributed by atoms with Crippen LogP contribution in [-0.4, -0.2) is 19.1 Å². The molecule has 14 heavy (non-hydrogen) atoms. The van der Waals surface area contributed by atoms with E-state index in [-0.39, 0.29) is 0 Å². The van der Waals surface area contributed by atoms with Crippen LogP contribution in [0.15, 0.2) is 24.3 Å². The van der Waals surface area contributed by atoms with Crippen molar-refractivity contribution in [1.82, 2.24) is 0 Å². The Balaban J connectivity index is 2.21. The highest BCUT2D eigenvalue weighted by Crippen LogP contribution is 2.26.